The van der Waals surface area contributed by atoms with E-state index in [1.807, 2.05) is 0 Å². The molecule has 0 aromatic heterocycles. The molecule has 0 aliphatic carbocycles. The van der Waals surface area contributed by atoms with Crippen molar-refractivity contribution >= 4 is 29.1 Å². The van der Waals surface area contributed by atoms with Crippen LogP contribution < -0.4 is 14.8 Å². The topological polar surface area (TPSA) is 67.9 Å². The van der Waals surface area contributed by atoms with Gasteiger partial charge in [-0.15, -0.1) is 0 Å². The number of likely N-dealkylation sites (N-methyl/N-ethyl adjacent to an activating group) is 1. The molecule has 0 fully saturated rings. The van der Waals surface area contributed by atoms with Gasteiger partial charge in [-0.1, -0.05) is 29.8 Å². The van der Waals surface area contributed by atoms with Crippen molar-refractivity contribution in [2.45, 2.75) is 12.0 Å². The molecule has 4 rings (SSSR count). The molecule has 0 unspecified atom stereocenters. The maximum atomic E-state index is 14.9. The molecule has 0 radical (unpaired) electrons. The number of ether oxygens (including phenoxy) is 2. The average Bonchev–Trinajstić information content (AvgIpc) is 2.82. The van der Waals surface area contributed by atoms with Crippen LogP contribution in [-0.2, 0) is 4.79 Å². The number of amides is 2. The number of nitrogens with one attached hydrogen (secondary N) is 1. The summed E-state index contributed by atoms with van der Waals surface area (Å²) in [5.41, 5.74) is 0.911. The highest BCUT2D eigenvalue weighted by Gasteiger charge is 2.44. The highest BCUT2D eigenvalue weighted by Crippen LogP contribution is 2.46. The van der Waals surface area contributed by atoms with Crippen molar-refractivity contribution in [3.63, 3.8) is 0 Å². The first-order valence-corrected chi connectivity index (χ1v) is 10.7. The van der Waals surface area contributed by atoms with Crippen LogP contribution in [0.2, 0.25) is 5.02 Å². The van der Waals surface area contributed by atoms with Crippen LogP contribution in [0.3, 0.4) is 0 Å². The van der Waals surface area contributed by atoms with E-state index in [9.17, 15) is 18.4 Å². The Kier molecular flexibility index (Phi) is 6.43. The molecule has 0 saturated heterocycles. The summed E-state index contributed by atoms with van der Waals surface area (Å²) < 4.78 is 39.1. The SMILES string of the molecule is COc1cc2c(cc1OC)[C@H](C(=O)Nc1ccc(F)cc1Cl)[C@H](c1ccccc1F)N(C)C2=O. The zero-order valence-electron chi connectivity index (χ0n) is 18.6. The third kappa shape index (κ3) is 4.05. The molecule has 2 atom stereocenters. The second-order valence-electron chi connectivity index (χ2n) is 7.77. The largest absolute Gasteiger partial charge is 0.493 e. The van der Waals surface area contributed by atoms with E-state index < -0.39 is 35.4 Å². The smallest absolute Gasteiger partial charge is 0.254 e. The van der Waals surface area contributed by atoms with Crippen molar-refractivity contribution in [2.75, 3.05) is 26.6 Å². The van der Waals surface area contributed by atoms with Gasteiger partial charge in [0.1, 0.15) is 11.6 Å². The van der Waals surface area contributed by atoms with E-state index in [1.54, 1.807) is 12.1 Å². The molecule has 2 amide bonds. The van der Waals surface area contributed by atoms with Crippen LogP contribution in [0.15, 0.2) is 54.6 Å². The predicted molar refractivity (Wildman–Crippen MR) is 124 cm³/mol. The summed E-state index contributed by atoms with van der Waals surface area (Å²) in [5, 5.41) is 2.70. The summed E-state index contributed by atoms with van der Waals surface area (Å²) in [6, 6.07) is 11.6. The number of hydrogen-bond acceptors (Lipinski definition) is 4. The lowest BCUT2D eigenvalue weighted by Crippen LogP contribution is -2.44. The third-order valence-corrected chi connectivity index (χ3v) is 6.18. The van der Waals surface area contributed by atoms with Crippen LogP contribution in [0.5, 0.6) is 11.5 Å². The molecule has 1 aliphatic heterocycles. The highest BCUT2D eigenvalue weighted by atomic mass is 35.5. The molecule has 9 heteroatoms. The van der Waals surface area contributed by atoms with Gasteiger partial charge < -0.3 is 19.7 Å². The van der Waals surface area contributed by atoms with Crippen molar-refractivity contribution in [1.29, 1.82) is 0 Å². The Balaban J connectivity index is 1.91. The minimum Gasteiger partial charge on any atom is -0.493 e. The quantitative estimate of drug-likeness (QED) is 0.539. The molecule has 0 bridgehead atoms. The van der Waals surface area contributed by atoms with Gasteiger partial charge in [-0.25, -0.2) is 8.78 Å². The Morgan fingerprint density at radius 3 is 2.32 bits per heavy atom. The van der Waals surface area contributed by atoms with E-state index in [4.69, 9.17) is 21.1 Å². The Morgan fingerprint density at radius 1 is 1.00 bits per heavy atom. The number of anilines is 1. The fraction of sp³-hybridized carbons (Fsp3) is 0.200. The minimum atomic E-state index is -1.05. The number of fused-ring (bicyclic) bond motifs is 1. The van der Waals surface area contributed by atoms with E-state index in [-0.39, 0.29) is 21.8 Å². The van der Waals surface area contributed by atoms with Crippen molar-refractivity contribution in [3.8, 4) is 11.5 Å². The van der Waals surface area contributed by atoms with E-state index in [1.165, 1.54) is 56.5 Å². The molecule has 176 valence electrons. The first-order chi connectivity index (χ1) is 16.3. The van der Waals surface area contributed by atoms with Crippen LogP contribution in [0.4, 0.5) is 14.5 Å². The van der Waals surface area contributed by atoms with Gasteiger partial charge in [-0.2, -0.15) is 0 Å². The Bertz CT molecular complexity index is 1280. The van der Waals surface area contributed by atoms with Gasteiger partial charge in [0.25, 0.3) is 5.91 Å². The molecule has 3 aromatic rings. The average molecular weight is 487 g/mol. The summed E-state index contributed by atoms with van der Waals surface area (Å²) in [6.07, 6.45) is 0. The van der Waals surface area contributed by atoms with Crippen molar-refractivity contribution in [3.05, 3.63) is 87.9 Å². The fourth-order valence-corrected chi connectivity index (χ4v) is 4.45. The molecule has 1 N–H and O–H groups in total. The zero-order chi connectivity index (χ0) is 24.6. The number of hydrogen-bond donors (Lipinski definition) is 1. The first-order valence-electron chi connectivity index (χ1n) is 10.3. The van der Waals surface area contributed by atoms with Gasteiger partial charge in [-0.05, 0) is 42.0 Å². The van der Waals surface area contributed by atoms with E-state index >= 15 is 0 Å². The number of rotatable bonds is 5. The summed E-state index contributed by atoms with van der Waals surface area (Å²) >= 11 is 6.11. The number of nitrogens with zero attached hydrogens (tertiary/aromatic N) is 1. The van der Waals surface area contributed by atoms with Crippen molar-refractivity contribution < 1.29 is 27.8 Å². The molecule has 0 spiro atoms. The van der Waals surface area contributed by atoms with Crippen LogP contribution in [-0.4, -0.2) is 38.0 Å². The molecule has 34 heavy (non-hydrogen) atoms. The standard InChI is InChI=1S/C25H21ClF2N2O4/c1-30-23(14-6-4-5-7-18(14)28)22(24(31)29-19-9-8-13(27)10-17(19)26)15-11-20(33-2)21(34-3)12-16(15)25(30)32/h4-12,22-23H,1-3H3,(H,29,31)/t22-,23-/m0/s1. The lowest BCUT2D eigenvalue weighted by molar-refractivity contribution is -0.119. The summed E-state index contributed by atoms with van der Waals surface area (Å²) in [6.45, 7) is 0. The molecule has 0 saturated carbocycles. The number of halogens is 3. The molecular weight excluding hydrogens is 466 g/mol. The summed E-state index contributed by atoms with van der Waals surface area (Å²) in [7, 11) is 4.37. The molecular formula is C25H21ClF2N2O4. The van der Waals surface area contributed by atoms with Crippen LogP contribution in [0, 0.1) is 11.6 Å². The third-order valence-electron chi connectivity index (χ3n) is 5.87. The Labute approximate surface area is 200 Å². The van der Waals surface area contributed by atoms with Gasteiger partial charge in [-0.3, -0.25) is 9.59 Å². The van der Waals surface area contributed by atoms with Gasteiger partial charge in [0, 0.05) is 18.2 Å². The zero-order valence-corrected chi connectivity index (χ0v) is 19.3. The lowest BCUT2D eigenvalue weighted by Gasteiger charge is -2.40. The Hall–Kier alpha value is -3.65. The van der Waals surface area contributed by atoms with Gasteiger partial charge >= 0.3 is 0 Å². The van der Waals surface area contributed by atoms with Crippen LogP contribution in [0.25, 0.3) is 0 Å². The summed E-state index contributed by atoms with van der Waals surface area (Å²) in [4.78, 5) is 28.3. The van der Waals surface area contributed by atoms with E-state index in [0.29, 0.717) is 17.1 Å². The predicted octanol–water partition coefficient (Wildman–Crippen LogP) is 5.18. The molecule has 1 heterocycles. The second kappa shape index (κ2) is 9.30. The van der Waals surface area contributed by atoms with E-state index in [2.05, 4.69) is 5.32 Å². The Morgan fingerprint density at radius 2 is 1.68 bits per heavy atom. The fourth-order valence-electron chi connectivity index (χ4n) is 4.24. The van der Waals surface area contributed by atoms with E-state index in [0.717, 1.165) is 12.1 Å². The number of benzene rings is 3. The minimum absolute atomic E-state index is 0.00330. The number of carbonyl (C=O) groups excluding carboxylic acids is 2. The van der Waals surface area contributed by atoms with Gasteiger partial charge in [0.2, 0.25) is 5.91 Å². The summed E-state index contributed by atoms with van der Waals surface area (Å²) in [5.74, 6) is -2.51. The number of methoxy groups -OCH3 is 2. The normalized spacial score (nSPS) is 17.2. The maximum Gasteiger partial charge on any atom is 0.254 e. The molecule has 1 aliphatic rings. The maximum absolute atomic E-state index is 14.9. The molecule has 3 aromatic carbocycles. The highest BCUT2D eigenvalue weighted by molar-refractivity contribution is 6.33. The van der Waals surface area contributed by atoms with Crippen LogP contribution in [0.1, 0.15) is 33.4 Å². The monoisotopic (exact) mass is 486 g/mol. The lowest BCUT2D eigenvalue weighted by atomic mass is 9.79. The van der Waals surface area contributed by atoms with Gasteiger partial charge in [0.15, 0.2) is 11.5 Å². The molecule has 6 nitrogen and oxygen atoms in total. The van der Waals surface area contributed by atoms with Crippen LogP contribution >= 0.6 is 11.6 Å². The first kappa shape index (κ1) is 23.5. The number of carbonyl (C=O) groups is 2. The second-order valence-corrected chi connectivity index (χ2v) is 8.18. The van der Waals surface area contributed by atoms with Gasteiger partial charge in [0.05, 0.1) is 36.9 Å². The van der Waals surface area contributed by atoms with Crippen molar-refractivity contribution in [1.82, 2.24) is 4.90 Å². The van der Waals surface area contributed by atoms with Crippen molar-refractivity contribution in [2.24, 2.45) is 0 Å².